The van der Waals surface area contributed by atoms with Crippen molar-refractivity contribution in [2.45, 2.75) is 39.2 Å². The maximum atomic E-state index is 12.5. The second-order valence-electron chi connectivity index (χ2n) is 7.17. The average Bonchev–Trinajstić information content (AvgIpc) is 2.61. The van der Waals surface area contributed by atoms with Crippen LogP contribution in [0.3, 0.4) is 0 Å². The van der Waals surface area contributed by atoms with E-state index in [4.69, 9.17) is 4.74 Å². The van der Waals surface area contributed by atoms with Crippen LogP contribution in [0, 0.1) is 11.8 Å². The molecule has 0 saturated carbocycles. The van der Waals surface area contributed by atoms with Crippen LogP contribution in [-0.4, -0.2) is 78.2 Å². The maximum absolute atomic E-state index is 12.5. The fourth-order valence-corrected chi connectivity index (χ4v) is 3.30. The Morgan fingerprint density at radius 2 is 1.68 bits per heavy atom. The Bertz CT molecular complexity index is 483. The van der Waals surface area contributed by atoms with Crippen molar-refractivity contribution in [1.82, 2.24) is 15.1 Å². The van der Waals surface area contributed by atoms with Gasteiger partial charge in [-0.15, -0.1) is 0 Å². The first kappa shape index (κ1) is 19.5. The van der Waals surface area contributed by atoms with E-state index in [9.17, 15) is 19.5 Å². The molecule has 0 aromatic heterocycles. The molecule has 3 amide bonds. The van der Waals surface area contributed by atoms with Gasteiger partial charge >= 0.3 is 12.0 Å². The summed E-state index contributed by atoms with van der Waals surface area (Å²) in [6, 6.07) is -1.23. The number of hydrogen-bond donors (Lipinski definition) is 2. The van der Waals surface area contributed by atoms with E-state index in [1.54, 1.807) is 4.90 Å². The first-order valence-corrected chi connectivity index (χ1v) is 9.03. The highest BCUT2D eigenvalue weighted by Crippen LogP contribution is 2.20. The molecule has 142 valence electrons. The normalized spacial score (nSPS) is 20.4. The van der Waals surface area contributed by atoms with E-state index in [2.05, 4.69) is 5.32 Å². The summed E-state index contributed by atoms with van der Waals surface area (Å²) in [7, 11) is 0. The molecule has 0 unspecified atom stereocenters. The molecule has 2 aliphatic rings. The van der Waals surface area contributed by atoms with Crippen molar-refractivity contribution in [1.29, 1.82) is 0 Å². The molecular weight excluding hydrogens is 326 g/mol. The zero-order chi connectivity index (χ0) is 18.4. The minimum atomic E-state index is -1.01. The van der Waals surface area contributed by atoms with Crippen molar-refractivity contribution >= 4 is 17.9 Å². The van der Waals surface area contributed by atoms with Crippen LogP contribution in [0.1, 0.15) is 33.1 Å². The summed E-state index contributed by atoms with van der Waals surface area (Å²) in [6.45, 7) is 7.22. The van der Waals surface area contributed by atoms with E-state index in [0.717, 1.165) is 0 Å². The predicted octanol–water partition coefficient (Wildman–Crippen LogP) is 0.766. The number of morpholine rings is 1. The molecule has 0 spiro atoms. The number of rotatable bonds is 5. The quantitative estimate of drug-likeness (QED) is 0.759. The molecule has 1 atom stereocenters. The molecule has 2 saturated heterocycles. The van der Waals surface area contributed by atoms with Gasteiger partial charge in [-0.05, 0) is 25.2 Å². The van der Waals surface area contributed by atoms with Gasteiger partial charge in [0.05, 0.1) is 13.2 Å². The number of hydrogen-bond acceptors (Lipinski definition) is 4. The number of carbonyl (C=O) groups excluding carboxylic acids is 2. The maximum Gasteiger partial charge on any atom is 0.326 e. The van der Waals surface area contributed by atoms with Crippen LogP contribution in [0.25, 0.3) is 0 Å². The first-order valence-electron chi connectivity index (χ1n) is 9.03. The van der Waals surface area contributed by atoms with Crippen molar-refractivity contribution in [3.63, 3.8) is 0 Å². The van der Waals surface area contributed by atoms with E-state index in [-0.39, 0.29) is 23.8 Å². The Kier molecular flexibility index (Phi) is 7.04. The summed E-state index contributed by atoms with van der Waals surface area (Å²) >= 11 is 0. The molecule has 0 aliphatic carbocycles. The number of carbonyl (C=O) groups is 3. The molecule has 2 heterocycles. The lowest BCUT2D eigenvalue weighted by Crippen LogP contribution is -2.52. The number of ether oxygens (including phenoxy) is 1. The van der Waals surface area contributed by atoms with E-state index < -0.39 is 12.0 Å². The molecular formula is C17H29N3O5. The predicted molar refractivity (Wildman–Crippen MR) is 91.1 cm³/mol. The number of urea groups is 1. The number of nitrogens with zero attached hydrogens (tertiary/aromatic N) is 2. The minimum absolute atomic E-state index is 0.0620. The number of nitrogens with one attached hydrogen (secondary N) is 1. The monoisotopic (exact) mass is 355 g/mol. The van der Waals surface area contributed by atoms with Gasteiger partial charge in [-0.25, -0.2) is 9.59 Å². The third kappa shape index (κ3) is 5.59. The van der Waals surface area contributed by atoms with Gasteiger partial charge in [-0.2, -0.15) is 0 Å². The Morgan fingerprint density at radius 1 is 1.08 bits per heavy atom. The van der Waals surface area contributed by atoms with Crippen LogP contribution < -0.4 is 5.32 Å². The van der Waals surface area contributed by atoms with Gasteiger partial charge in [0.1, 0.15) is 6.04 Å². The summed E-state index contributed by atoms with van der Waals surface area (Å²) in [6.07, 6.45) is 1.63. The molecule has 0 bridgehead atoms. The number of carboxylic acids is 1. The van der Waals surface area contributed by atoms with Crippen molar-refractivity contribution in [3.05, 3.63) is 0 Å². The number of amides is 3. The second-order valence-corrected chi connectivity index (χ2v) is 7.17. The van der Waals surface area contributed by atoms with Gasteiger partial charge in [0.25, 0.3) is 0 Å². The number of aliphatic carboxylic acids is 1. The largest absolute Gasteiger partial charge is 0.480 e. The molecule has 2 aliphatic heterocycles. The summed E-state index contributed by atoms with van der Waals surface area (Å²) in [5.41, 5.74) is 0. The SMILES string of the molecule is CC(C)C[C@H](NC(=O)N1CCC(C(=O)N2CCOCC2)CC1)C(=O)O. The Hall–Kier alpha value is -1.83. The topological polar surface area (TPSA) is 99.2 Å². The van der Waals surface area contributed by atoms with E-state index >= 15 is 0 Å². The van der Waals surface area contributed by atoms with Gasteiger partial charge in [-0.1, -0.05) is 13.8 Å². The van der Waals surface area contributed by atoms with Gasteiger partial charge < -0.3 is 25.0 Å². The molecule has 2 fully saturated rings. The van der Waals surface area contributed by atoms with Gasteiger partial charge in [0.2, 0.25) is 5.91 Å². The number of carboxylic acid groups (broad SMARTS) is 1. The average molecular weight is 355 g/mol. The lowest BCUT2D eigenvalue weighted by molar-refractivity contribution is -0.141. The van der Waals surface area contributed by atoms with Crippen LogP contribution in [0.2, 0.25) is 0 Å². The van der Waals surface area contributed by atoms with Crippen molar-refractivity contribution in [2.75, 3.05) is 39.4 Å². The summed E-state index contributed by atoms with van der Waals surface area (Å²) in [4.78, 5) is 39.5. The molecule has 2 N–H and O–H groups in total. The standard InChI is InChI=1S/C17H29N3O5/c1-12(2)11-14(16(22)23)18-17(24)20-5-3-13(4-6-20)15(21)19-7-9-25-10-8-19/h12-14H,3-11H2,1-2H3,(H,18,24)(H,22,23)/t14-/m0/s1. The third-order valence-electron chi connectivity index (χ3n) is 4.76. The van der Waals surface area contributed by atoms with Crippen molar-refractivity contribution in [3.8, 4) is 0 Å². The van der Waals surface area contributed by atoms with E-state index in [1.165, 1.54) is 0 Å². The van der Waals surface area contributed by atoms with Crippen LogP contribution in [0.15, 0.2) is 0 Å². The van der Waals surface area contributed by atoms with Crippen LogP contribution in [0.4, 0.5) is 4.79 Å². The second kappa shape index (κ2) is 9.03. The lowest BCUT2D eigenvalue weighted by Gasteiger charge is -2.35. The Balaban J connectivity index is 1.81. The van der Waals surface area contributed by atoms with Crippen LogP contribution in [-0.2, 0) is 14.3 Å². The zero-order valence-electron chi connectivity index (χ0n) is 15.1. The Morgan fingerprint density at radius 3 is 2.20 bits per heavy atom. The molecule has 2 rings (SSSR count). The summed E-state index contributed by atoms with van der Waals surface area (Å²) < 4.78 is 5.27. The molecule has 0 radical (unpaired) electrons. The third-order valence-corrected chi connectivity index (χ3v) is 4.76. The van der Waals surface area contributed by atoms with Crippen LogP contribution in [0.5, 0.6) is 0 Å². The van der Waals surface area contributed by atoms with E-state index in [1.807, 2.05) is 18.7 Å². The zero-order valence-corrected chi connectivity index (χ0v) is 15.1. The van der Waals surface area contributed by atoms with Crippen LogP contribution >= 0.6 is 0 Å². The highest BCUT2D eigenvalue weighted by Gasteiger charge is 2.32. The van der Waals surface area contributed by atoms with Gasteiger partial charge in [0.15, 0.2) is 0 Å². The van der Waals surface area contributed by atoms with Crippen molar-refractivity contribution < 1.29 is 24.2 Å². The molecule has 8 nitrogen and oxygen atoms in total. The Labute approximate surface area is 148 Å². The first-order chi connectivity index (χ1) is 11.9. The van der Waals surface area contributed by atoms with Gasteiger partial charge in [-0.3, -0.25) is 4.79 Å². The minimum Gasteiger partial charge on any atom is -0.480 e. The fraction of sp³-hybridized carbons (Fsp3) is 0.824. The molecule has 0 aromatic rings. The van der Waals surface area contributed by atoms with Crippen molar-refractivity contribution in [2.24, 2.45) is 11.8 Å². The lowest BCUT2D eigenvalue weighted by atomic mass is 9.95. The number of piperidine rings is 1. The highest BCUT2D eigenvalue weighted by atomic mass is 16.5. The highest BCUT2D eigenvalue weighted by molar-refractivity contribution is 5.83. The molecule has 8 heteroatoms. The molecule has 25 heavy (non-hydrogen) atoms. The fourth-order valence-electron chi connectivity index (χ4n) is 3.30. The van der Waals surface area contributed by atoms with E-state index in [0.29, 0.717) is 58.7 Å². The smallest absolute Gasteiger partial charge is 0.326 e. The molecule has 0 aromatic carbocycles. The van der Waals surface area contributed by atoms with Gasteiger partial charge in [0, 0.05) is 32.1 Å². The number of likely N-dealkylation sites (tertiary alicyclic amines) is 1. The summed E-state index contributed by atoms with van der Waals surface area (Å²) in [5, 5.41) is 11.8. The summed E-state index contributed by atoms with van der Waals surface area (Å²) in [5.74, 6) is -0.752.